The summed E-state index contributed by atoms with van der Waals surface area (Å²) in [5.41, 5.74) is 1.52. The van der Waals surface area contributed by atoms with E-state index in [4.69, 9.17) is 34.8 Å². The van der Waals surface area contributed by atoms with Crippen LogP contribution in [-0.4, -0.2) is 17.1 Å². The van der Waals surface area contributed by atoms with E-state index in [1.165, 1.54) is 4.90 Å². The first-order valence-electron chi connectivity index (χ1n) is 10.1. The molecule has 0 aliphatic carbocycles. The molecule has 9 heteroatoms. The van der Waals surface area contributed by atoms with E-state index >= 15 is 0 Å². The maximum absolute atomic E-state index is 13.5. The highest BCUT2D eigenvalue weighted by Gasteiger charge is 2.41. The van der Waals surface area contributed by atoms with E-state index in [2.05, 4.69) is 5.32 Å². The molecule has 0 spiro atoms. The number of thioether (sulfide) groups is 1. The molecule has 0 aromatic heterocycles. The summed E-state index contributed by atoms with van der Waals surface area (Å²) in [6.07, 6.45) is 0.282. The number of nitriles is 1. The van der Waals surface area contributed by atoms with Gasteiger partial charge >= 0.3 is 0 Å². The van der Waals surface area contributed by atoms with Crippen molar-refractivity contribution in [1.29, 1.82) is 5.26 Å². The second-order valence-electron chi connectivity index (χ2n) is 7.31. The van der Waals surface area contributed by atoms with Crippen LogP contribution >= 0.6 is 46.6 Å². The maximum atomic E-state index is 13.5. The van der Waals surface area contributed by atoms with Crippen molar-refractivity contribution in [2.45, 2.75) is 11.7 Å². The zero-order chi connectivity index (χ0) is 24.2. The molecule has 4 rings (SSSR count). The van der Waals surface area contributed by atoms with Gasteiger partial charge in [-0.1, -0.05) is 70.8 Å². The van der Waals surface area contributed by atoms with Crippen molar-refractivity contribution < 1.29 is 9.59 Å². The minimum absolute atomic E-state index is 0.179. The smallest absolute Gasteiger partial charge is 0.269 e. The molecule has 1 aliphatic rings. The van der Waals surface area contributed by atoms with Gasteiger partial charge in [0, 0.05) is 26.4 Å². The number of hydrogen-bond acceptors (Lipinski definition) is 4. The van der Waals surface area contributed by atoms with Gasteiger partial charge in [0.15, 0.2) is 0 Å². The Morgan fingerprint density at radius 1 is 1.00 bits per heavy atom. The summed E-state index contributed by atoms with van der Waals surface area (Å²) >= 11 is 19.6. The Morgan fingerprint density at radius 3 is 2.44 bits per heavy atom. The Hall–Kier alpha value is -2.95. The molecular formula is C25H16Cl3N3O2S. The fourth-order valence-corrected chi connectivity index (χ4v) is 5.33. The van der Waals surface area contributed by atoms with Crippen LogP contribution in [0.5, 0.6) is 0 Å². The molecule has 1 atom stereocenters. The molecule has 3 aromatic carbocycles. The minimum atomic E-state index is -0.637. The number of carbonyl (C=O) groups excluding carboxylic acids is 2. The lowest BCUT2D eigenvalue weighted by Crippen LogP contribution is -2.30. The Morgan fingerprint density at radius 2 is 1.74 bits per heavy atom. The van der Waals surface area contributed by atoms with Gasteiger partial charge in [-0.05, 0) is 60.5 Å². The van der Waals surface area contributed by atoms with E-state index in [9.17, 15) is 14.9 Å². The third-order valence-corrected chi connectivity index (χ3v) is 7.12. The maximum Gasteiger partial charge on any atom is 0.269 e. The van der Waals surface area contributed by atoms with Crippen molar-refractivity contribution in [2.75, 3.05) is 10.2 Å². The van der Waals surface area contributed by atoms with Gasteiger partial charge in [0.1, 0.15) is 16.7 Å². The molecule has 1 saturated heterocycles. The lowest BCUT2D eigenvalue weighted by Gasteiger charge is -2.18. The number of nitrogens with zero attached hydrogens (tertiary/aromatic N) is 2. The third-order valence-electron chi connectivity index (χ3n) is 5.02. The Bertz CT molecular complexity index is 1340. The summed E-state index contributed by atoms with van der Waals surface area (Å²) in [4.78, 5) is 28.0. The first-order valence-corrected chi connectivity index (χ1v) is 12.1. The molecule has 1 aliphatic heterocycles. The zero-order valence-corrected chi connectivity index (χ0v) is 20.6. The highest BCUT2D eigenvalue weighted by molar-refractivity contribution is 8.05. The number of para-hydroxylation sites is 1. The number of anilines is 2. The Labute approximate surface area is 215 Å². The molecule has 1 heterocycles. The number of hydrogen-bond donors (Lipinski definition) is 1. The highest BCUT2D eigenvalue weighted by Crippen LogP contribution is 2.42. The largest absolute Gasteiger partial charge is 0.321 e. The van der Waals surface area contributed by atoms with Crippen molar-refractivity contribution in [3.8, 4) is 6.07 Å². The molecule has 1 N–H and O–H groups in total. The minimum Gasteiger partial charge on any atom is -0.321 e. The van der Waals surface area contributed by atoms with Crippen molar-refractivity contribution in [2.24, 2.45) is 0 Å². The van der Waals surface area contributed by atoms with Crippen molar-refractivity contribution >= 4 is 69.8 Å². The van der Waals surface area contributed by atoms with Crippen molar-refractivity contribution in [1.82, 2.24) is 0 Å². The average molecular weight is 529 g/mol. The number of nitrogens with one attached hydrogen (secondary N) is 1. The van der Waals surface area contributed by atoms with Gasteiger partial charge in [0.25, 0.3) is 5.91 Å². The van der Waals surface area contributed by atoms with E-state index in [1.54, 1.807) is 66.7 Å². The van der Waals surface area contributed by atoms with Crippen LogP contribution in [0.2, 0.25) is 15.1 Å². The average Bonchev–Trinajstić information content (AvgIpc) is 3.13. The molecule has 5 nitrogen and oxygen atoms in total. The zero-order valence-electron chi connectivity index (χ0n) is 17.5. The lowest BCUT2D eigenvalue weighted by molar-refractivity contribution is -0.117. The quantitative estimate of drug-likeness (QED) is 0.295. The van der Waals surface area contributed by atoms with E-state index in [0.717, 1.165) is 11.8 Å². The molecular weight excluding hydrogens is 513 g/mol. The predicted molar refractivity (Wildman–Crippen MR) is 138 cm³/mol. The van der Waals surface area contributed by atoms with Crippen LogP contribution in [-0.2, 0) is 16.0 Å². The fraction of sp³-hybridized carbons (Fsp3) is 0.0800. The van der Waals surface area contributed by atoms with Crippen LogP contribution in [0.3, 0.4) is 0 Å². The number of amides is 2. The number of benzene rings is 3. The summed E-state index contributed by atoms with van der Waals surface area (Å²) in [7, 11) is 0. The number of halogens is 3. The van der Waals surface area contributed by atoms with Crippen LogP contribution < -0.4 is 10.2 Å². The first kappa shape index (κ1) is 24.2. The second-order valence-corrected chi connectivity index (χ2v) is 9.78. The first-order chi connectivity index (χ1) is 16.4. The van der Waals surface area contributed by atoms with Crippen LogP contribution in [0.4, 0.5) is 11.4 Å². The van der Waals surface area contributed by atoms with Crippen LogP contribution in [0.15, 0.2) is 83.4 Å². The van der Waals surface area contributed by atoms with Crippen LogP contribution in [0.25, 0.3) is 0 Å². The monoisotopic (exact) mass is 527 g/mol. The molecule has 2 amide bonds. The van der Waals surface area contributed by atoms with Gasteiger partial charge in [0.05, 0.1) is 5.25 Å². The fourth-order valence-electron chi connectivity index (χ4n) is 3.46. The van der Waals surface area contributed by atoms with Gasteiger partial charge in [-0.3, -0.25) is 14.5 Å². The molecule has 3 aromatic rings. The number of carbonyl (C=O) groups is 2. The summed E-state index contributed by atoms with van der Waals surface area (Å²) in [6.45, 7) is 0. The Kier molecular flexibility index (Phi) is 7.50. The molecule has 0 saturated carbocycles. The molecule has 1 unspecified atom stereocenters. The van der Waals surface area contributed by atoms with E-state index in [-0.39, 0.29) is 22.9 Å². The molecule has 0 bridgehead atoms. The van der Waals surface area contributed by atoms with Crippen LogP contribution in [0.1, 0.15) is 5.56 Å². The molecule has 1 fully saturated rings. The number of rotatable bonds is 5. The summed E-state index contributed by atoms with van der Waals surface area (Å²) in [5, 5.41) is 13.7. The summed E-state index contributed by atoms with van der Waals surface area (Å²) < 4.78 is 0. The van der Waals surface area contributed by atoms with E-state index in [0.29, 0.717) is 32.0 Å². The van der Waals surface area contributed by atoms with Gasteiger partial charge in [-0.15, -0.1) is 0 Å². The van der Waals surface area contributed by atoms with Gasteiger partial charge in [0.2, 0.25) is 5.91 Å². The molecule has 34 heavy (non-hydrogen) atoms. The molecule has 0 radical (unpaired) electrons. The van der Waals surface area contributed by atoms with E-state index < -0.39 is 11.2 Å². The van der Waals surface area contributed by atoms with Crippen molar-refractivity contribution in [3.05, 3.63) is 104 Å². The lowest BCUT2D eigenvalue weighted by atomic mass is 10.1. The van der Waals surface area contributed by atoms with Gasteiger partial charge in [-0.25, -0.2) is 0 Å². The Balaban J connectivity index is 1.73. The summed E-state index contributed by atoms with van der Waals surface area (Å²) in [6, 6.07) is 22.5. The molecule has 170 valence electrons. The predicted octanol–water partition coefficient (Wildman–Crippen LogP) is 6.71. The van der Waals surface area contributed by atoms with Crippen molar-refractivity contribution in [3.63, 3.8) is 0 Å². The standard InChI is InChI=1S/C25H16Cl3N3O2S/c26-16-5-4-6-18(13-16)30-23(32)20(14-29)25-31(19-7-2-1-3-8-19)24(33)22(34-25)12-15-11-17(27)9-10-21(15)28/h1-11,13,22H,12H2,(H,30,32)/b25-20-. The summed E-state index contributed by atoms with van der Waals surface area (Å²) in [5.74, 6) is -0.895. The van der Waals surface area contributed by atoms with Gasteiger partial charge < -0.3 is 5.32 Å². The van der Waals surface area contributed by atoms with Crippen LogP contribution in [0, 0.1) is 11.3 Å². The van der Waals surface area contributed by atoms with E-state index in [1.807, 2.05) is 12.1 Å². The second kappa shape index (κ2) is 10.5. The topological polar surface area (TPSA) is 73.2 Å². The third kappa shape index (κ3) is 5.24. The SMILES string of the molecule is N#C/C(C(=O)Nc1cccc(Cl)c1)=C1/SC(Cc2cc(Cl)ccc2Cl)C(=O)N1c1ccccc1. The normalized spacial score (nSPS) is 16.8. The van der Waals surface area contributed by atoms with Gasteiger partial charge in [-0.2, -0.15) is 5.26 Å². The highest BCUT2D eigenvalue weighted by atomic mass is 35.5.